The Morgan fingerprint density at radius 2 is 2.17 bits per heavy atom. The van der Waals surface area contributed by atoms with Crippen LogP contribution in [0.15, 0.2) is 28.8 Å². The molecule has 2 heterocycles. The van der Waals surface area contributed by atoms with Crippen LogP contribution in [0.1, 0.15) is 61.2 Å². The number of nitrogens with one attached hydrogen (secondary N) is 1. The predicted molar refractivity (Wildman–Crippen MR) is 94.2 cm³/mol. The van der Waals surface area contributed by atoms with Crippen molar-refractivity contribution in [1.82, 2.24) is 10.1 Å². The zero-order chi connectivity index (χ0) is 17.3. The maximum atomic E-state index is 12.8. The minimum Gasteiger partial charge on any atom is -0.361 e. The van der Waals surface area contributed by atoms with Crippen LogP contribution in [0.4, 0.5) is 10.5 Å². The summed E-state index contributed by atoms with van der Waals surface area (Å²) in [7, 11) is 0. The van der Waals surface area contributed by atoms with Gasteiger partial charge in [-0.3, -0.25) is 0 Å². The van der Waals surface area contributed by atoms with Crippen LogP contribution in [0.5, 0.6) is 0 Å². The molecule has 128 valence electrons. The molecule has 0 saturated carbocycles. The number of likely N-dealkylation sites (tertiary alicyclic amines) is 1. The average molecular weight is 327 g/mol. The Bertz CT molecular complexity index is 736. The summed E-state index contributed by atoms with van der Waals surface area (Å²) >= 11 is 0. The van der Waals surface area contributed by atoms with E-state index in [1.807, 2.05) is 43.0 Å². The molecule has 2 amide bonds. The molecule has 24 heavy (non-hydrogen) atoms. The summed E-state index contributed by atoms with van der Waals surface area (Å²) in [5, 5.41) is 7.25. The van der Waals surface area contributed by atoms with Crippen LogP contribution in [0.25, 0.3) is 0 Å². The molecule has 0 bridgehead atoms. The van der Waals surface area contributed by atoms with E-state index in [-0.39, 0.29) is 12.1 Å². The molecule has 0 aliphatic carbocycles. The number of benzene rings is 1. The number of amides is 2. The fourth-order valence-electron chi connectivity index (χ4n) is 3.12. The Balaban J connectivity index is 1.77. The molecule has 1 aromatic carbocycles. The van der Waals surface area contributed by atoms with Crippen LogP contribution in [-0.2, 0) is 0 Å². The Hall–Kier alpha value is -2.30. The second-order valence-electron chi connectivity index (χ2n) is 6.84. The van der Waals surface area contributed by atoms with Crippen molar-refractivity contribution in [3.05, 3.63) is 46.8 Å². The summed E-state index contributed by atoms with van der Waals surface area (Å²) in [6, 6.07) is 7.86. The first-order chi connectivity index (χ1) is 11.5. The first-order valence-corrected chi connectivity index (χ1v) is 8.57. The van der Waals surface area contributed by atoms with Crippen molar-refractivity contribution in [1.29, 1.82) is 0 Å². The van der Waals surface area contributed by atoms with Gasteiger partial charge in [0, 0.05) is 24.2 Å². The van der Waals surface area contributed by atoms with Crippen molar-refractivity contribution < 1.29 is 9.32 Å². The van der Waals surface area contributed by atoms with Crippen LogP contribution >= 0.6 is 0 Å². The highest BCUT2D eigenvalue weighted by molar-refractivity contribution is 5.90. The number of aromatic nitrogens is 1. The first-order valence-electron chi connectivity index (χ1n) is 8.57. The van der Waals surface area contributed by atoms with E-state index in [1.54, 1.807) is 0 Å². The van der Waals surface area contributed by atoms with E-state index < -0.39 is 0 Å². The molecule has 0 radical (unpaired) electrons. The SMILES string of the molecule is Cc1cccc(NC(=O)N2CCCC2c2cc(C(C)C)on2)c1C. The lowest BCUT2D eigenvalue weighted by molar-refractivity contribution is 0.204. The predicted octanol–water partition coefficient (Wildman–Crippen LogP) is 4.78. The Labute approximate surface area is 143 Å². The molecular weight excluding hydrogens is 302 g/mol. The van der Waals surface area contributed by atoms with Gasteiger partial charge in [0.15, 0.2) is 0 Å². The van der Waals surface area contributed by atoms with Crippen LogP contribution < -0.4 is 5.32 Å². The summed E-state index contributed by atoms with van der Waals surface area (Å²) < 4.78 is 5.41. The van der Waals surface area contributed by atoms with Crippen LogP contribution in [0.2, 0.25) is 0 Å². The van der Waals surface area contributed by atoms with Crippen LogP contribution in [0.3, 0.4) is 0 Å². The van der Waals surface area contributed by atoms with Crippen molar-refractivity contribution in [3.8, 4) is 0 Å². The molecule has 1 N–H and O–H groups in total. The molecule has 0 spiro atoms. The van der Waals surface area contributed by atoms with Gasteiger partial charge < -0.3 is 14.7 Å². The van der Waals surface area contributed by atoms with E-state index in [0.29, 0.717) is 5.92 Å². The largest absolute Gasteiger partial charge is 0.361 e. The lowest BCUT2D eigenvalue weighted by Crippen LogP contribution is -2.34. The molecule has 1 unspecified atom stereocenters. The van der Waals surface area contributed by atoms with Gasteiger partial charge in [-0.15, -0.1) is 0 Å². The number of urea groups is 1. The number of carbonyl (C=O) groups excluding carboxylic acids is 1. The number of aryl methyl sites for hydroxylation is 1. The molecule has 1 atom stereocenters. The molecule has 2 aromatic rings. The number of anilines is 1. The molecule has 1 fully saturated rings. The van der Waals surface area contributed by atoms with Crippen molar-refractivity contribution in [2.45, 2.75) is 52.5 Å². The number of hydrogen-bond donors (Lipinski definition) is 1. The summed E-state index contributed by atoms with van der Waals surface area (Å²) in [4.78, 5) is 14.6. The van der Waals surface area contributed by atoms with Crippen LogP contribution in [-0.4, -0.2) is 22.6 Å². The number of carbonyl (C=O) groups is 1. The molecule has 1 aromatic heterocycles. The molecule has 5 nitrogen and oxygen atoms in total. The van der Waals surface area contributed by atoms with Crippen molar-refractivity contribution in [2.24, 2.45) is 0 Å². The monoisotopic (exact) mass is 327 g/mol. The fourth-order valence-corrected chi connectivity index (χ4v) is 3.12. The summed E-state index contributed by atoms with van der Waals surface area (Å²) in [6.45, 7) is 8.96. The normalized spacial score (nSPS) is 17.5. The van der Waals surface area contributed by atoms with Gasteiger partial charge in [0.2, 0.25) is 0 Å². The van der Waals surface area contributed by atoms with Crippen molar-refractivity contribution in [3.63, 3.8) is 0 Å². The molecule has 1 aliphatic rings. The summed E-state index contributed by atoms with van der Waals surface area (Å²) in [6.07, 6.45) is 1.90. The van der Waals surface area contributed by atoms with Gasteiger partial charge in [0.05, 0.1) is 6.04 Å². The topological polar surface area (TPSA) is 58.4 Å². The lowest BCUT2D eigenvalue weighted by Gasteiger charge is -2.24. The highest BCUT2D eigenvalue weighted by Crippen LogP contribution is 2.33. The maximum absolute atomic E-state index is 12.8. The smallest absolute Gasteiger partial charge is 0.322 e. The van der Waals surface area contributed by atoms with Gasteiger partial charge in [-0.1, -0.05) is 31.1 Å². The quantitative estimate of drug-likeness (QED) is 0.882. The van der Waals surface area contributed by atoms with E-state index in [9.17, 15) is 4.79 Å². The Kier molecular flexibility index (Phi) is 4.60. The number of rotatable bonds is 3. The number of hydrogen-bond acceptors (Lipinski definition) is 3. The first kappa shape index (κ1) is 16.6. The van der Waals surface area contributed by atoms with E-state index in [2.05, 4.69) is 24.3 Å². The molecule has 3 rings (SSSR count). The highest BCUT2D eigenvalue weighted by atomic mass is 16.5. The Morgan fingerprint density at radius 1 is 1.38 bits per heavy atom. The fraction of sp³-hybridized carbons (Fsp3) is 0.474. The molecular formula is C19H25N3O2. The van der Waals surface area contributed by atoms with E-state index in [1.165, 1.54) is 5.56 Å². The van der Waals surface area contributed by atoms with Gasteiger partial charge in [-0.2, -0.15) is 0 Å². The third-order valence-electron chi connectivity index (χ3n) is 4.82. The van der Waals surface area contributed by atoms with E-state index >= 15 is 0 Å². The lowest BCUT2D eigenvalue weighted by atomic mass is 10.1. The summed E-state index contributed by atoms with van der Waals surface area (Å²) in [5.74, 6) is 1.16. The van der Waals surface area contributed by atoms with Gasteiger partial charge in [0.25, 0.3) is 0 Å². The van der Waals surface area contributed by atoms with E-state index in [0.717, 1.165) is 42.1 Å². The molecule has 1 saturated heterocycles. The van der Waals surface area contributed by atoms with Crippen molar-refractivity contribution in [2.75, 3.05) is 11.9 Å². The maximum Gasteiger partial charge on any atom is 0.322 e. The van der Waals surface area contributed by atoms with Gasteiger partial charge in [0.1, 0.15) is 11.5 Å². The summed E-state index contributed by atoms with van der Waals surface area (Å²) in [5.41, 5.74) is 4.00. The molecule has 5 heteroatoms. The minimum absolute atomic E-state index is 0.00800. The third-order valence-corrected chi connectivity index (χ3v) is 4.82. The number of nitrogens with zero attached hydrogens (tertiary/aromatic N) is 2. The second-order valence-corrected chi connectivity index (χ2v) is 6.84. The zero-order valence-corrected chi connectivity index (χ0v) is 14.8. The second kappa shape index (κ2) is 6.67. The zero-order valence-electron chi connectivity index (χ0n) is 14.8. The van der Waals surface area contributed by atoms with Crippen molar-refractivity contribution >= 4 is 11.7 Å². The van der Waals surface area contributed by atoms with Crippen LogP contribution in [0, 0.1) is 13.8 Å². The van der Waals surface area contributed by atoms with E-state index in [4.69, 9.17) is 4.52 Å². The van der Waals surface area contributed by atoms with Gasteiger partial charge in [-0.25, -0.2) is 4.79 Å². The Morgan fingerprint density at radius 3 is 2.88 bits per heavy atom. The minimum atomic E-state index is -0.0692. The van der Waals surface area contributed by atoms with Gasteiger partial charge in [-0.05, 0) is 43.9 Å². The highest BCUT2D eigenvalue weighted by Gasteiger charge is 2.32. The third kappa shape index (κ3) is 3.16. The molecule has 1 aliphatic heterocycles. The van der Waals surface area contributed by atoms with Gasteiger partial charge >= 0.3 is 6.03 Å². The average Bonchev–Trinajstić information content (AvgIpc) is 3.19. The standard InChI is InChI=1S/C19H25N3O2/c1-12(2)18-11-16(21-24-18)17-9-6-10-22(17)19(23)20-15-8-5-7-13(3)14(15)4/h5,7-8,11-12,17H,6,9-10H2,1-4H3,(H,20,23).